The Labute approximate surface area is 258 Å². The molecular formula is C28H52N4O12. The largest absolute Gasteiger partial charge is 0.480 e. The lowest BCUT2D eigenvalue weighted by Crippen LogP contribution is -2.52. The van der Waals surface area contributed by atoms with Crippen LogP contribution in [0.2, 0.25) is 0 Å². The van der Waals surface area contributed by atoms with Gasteiger partial charge in [-0.2, -0.15) is 0 Å². The second kappa shape index (κ2) is 21.1. The predicted octanol–water partition coefficient (Wildman–Crippen LogP) is 0.962. The molecule has 0 fully saturated rings. The first-order valence-corrected chi connectivity index (χ1v) is 14.4. The molecule has 0 radical (unpaired) electrons. The number of esters is 1. The summed E-state index contributed by atoms with van der Waals surface area (Å²) in [5.74, 6) is -3.43. The van der Waals surface area contributed by atoms with Crippen LogP contribution in [0.5, 0.6) is 0 Å². The maximum atomic E-state index is 11.9. The summed E-state index contributed by atoms with van der Waals surface area (Å²) in [6.07, 6.45) is -2.51. The molecule has 0 saturated carbocycles. The first-order chi connectivity index (χ1) is 20.2. The van der Waals surface area contributed by atoms with Crippen molar-refractivity contribution in [2.24, 2.45) is 0 Å². The number of hydrogen-bond acceptors (Lipinski definition) is 11. The molecule has 0 rings (SSSR count). The number of hydrogen-bond donors (Lipinski definition) is 7. The molecule has 0 aromatic heterocycles. The van der Waals surface area contributed by atoms with Crippen LogP contribution >= 0.6 is 0 Å². The molecule has 0 aliphatic heterocycles. The molecule has 7 N–H and O–H groups in total. The zero-order valence-corrected chi connectivity index (χ0v) is 27.3. The number of carbonyl (C=O) groups is 6. The van der Waals surface area contributed by atoms with E-state index in [1.54, 1.807) is 48.5 Å². The number of carbonyl (C=O) groups excluding carboxylic acids is 5. The molecule has 44 heavy (non-hydrogen) atoms. The van der Waals surface area contributed by atoms with Gasteiger partial charge in [0, 0.05) is 0 Å². The number of amides is 4. The van der Waals surface area contributed by atoms with Gasteiger partial charge in [0.1, 0.15) is 24.3 Å². The number of aliphatic hydroxyl groups excluding tert-OH is 2. The number of aliphatic hydroxyl groups is 2. The van der Waals surface area contributed by atoms with E-state index in [4.69, 9.17) is 14.6 Å². The van der Waals surface area contributed by atoms with Crippen molar-refractivity contribution >= 4 is 35.9 Å². The van der Waals surface area contributed by atoms with Crippen LogP contribution in [0.4, 0.5) is 9.59 Å². The van der Waals surface area contributed by atoms with Crippen LogP contribution < -0.4 is 21.3 Å². The number of carboxylic acid groups (broad SMARTS) is 1. The van der Waals surface area contributed by atoms with Gasteiger partial charge in [-0.3, -0.25) is 19.2 Å². The van der Waals surface area contributed by atoms with Gasteiger partial charge >= 0.3 is 24.1 Å². The average molecular weight is 637 g/mol. The van der Waals surface area contributed by atoms with Gasteiger partial charge in [0.2, 0.25) is 0 Å². The molecule has 0 aromatic carbocycles. The maximum absolute atomic E-state index is 11.9. The van der Waals surface area contributed by atoms with E-state index in [9.17, 15) is 39.0 Å². The molecule has 0 bridgehead atoms. The van der Waals surface area contributed by atoms with Gasteiger partial charge in [-0.25, -0.2) is 9.59 Å². The molecule has 0 spiro atoms. The fourth-order valence-electron chi connectivity index (χ4n) is 3.27. The van der Waals surface area contributed by atoms with Gasteiger partial charge in [-0.1, -0.05) is 26.7 Å². The molecular weight excluding hydrogens is 584 g/mol. The number of aliphatic carboxylic acids is 1. The van der Waals surface area contributed by atoms with Crippen LogP contribution in [0.15, 0.2) is 0 Å². The SMILES string of the molecule is CCCC(NC(=O)OC(C)(C)C)C(O)C(=O)NCC(=O)O.CCCC(NC(=O)OC(C)(C)C)C(O)C(=O)NCC(=O)OCC. The van der Waals surface area contributed by atoms with Crippen LogP contribution in [0.3, 0.4) is 0 Å². The van der Waals surface area contributed by atoms with Crippen molar-refractivity contribution < 1.29 is 58.3 Å². The Hall–Kier alpha value is -3.66. The van der Waals surface area contributed by atoms with E-state index in [1.807, 2.05) is 13.8 Å². The van der Waals surface area contributed by atoms with Gasteiger partial charge < -0.3 is 50.8 Å². The standard InChI is InChI=1S/C15H28N2O6.C13H24N2O6/c1-6-8-10(17-14(21)23-15(3,4)5)12(19)13(20)16-9-11(18)22-7-2;1-5-6-8(15-12(20)21-13(2,3)4)10(18)11(19)14-7-9(16)17/h10,12,19H,6-9H2,1-5H3,(H,16,20)(H,17,21);8,10,18H,5-7H2,1-4H3,(H,14,19)(H,15,20)(H,16,17). The molecule has 0 heterocycles. The summed E-state index contributed by atoms with van der Waals surface area (Å²) < 4.78 is 14.8. The fourth-order valence-corrected chi connectivity index (χ4v) is 3.27. The topological polar surface area (TPSA) is 239 Å². The van der Waals surface area contributed by atoms with Crippen molar-refractivity contribution in [1.82, 2.24) is 21.3 Å². The highest BCUT2D eigenvalue weighted by atomic mass is 16.6. The minimum absolute atomic E-state index is 0.204. The smallest absolute Gasteiger partial charge is 0.407 e. The van der Waals surface area contributed by atoms with Crippen molar-refractivity contribution in [3.05, 3.63) is 0 Å². The Morgan fingerprint density at radius 1 is 0.659 bits per heavy atom. The molecule has 16 nitrogen and oxygen atoms in total. The monoisotopic (exact) mass is 636 g/mol. The van der Waals surface area contributed by atoms with E-state index in [0.717, 1.165) is 0 Å². The molecule has 4 atom stereocenters. The van der Waals surface area contributed by atoms with Crippen LogP contribution in [-0.2, 0) is 33.4 Å². The fraction of sp³-hybridized carbons (Fsp3) is 0.786. The summed E-state index contributed by atoms with van der Waals surface area (Å²) in [7, 11) is 0. The first kappa shape index (κ1) is 42.5. The first-order valence-electron chi connectivity index (χ1n) is 14.4. The zero-order valence-electron chi connectivity index (χ0n) is 27.3. The number of carboxylic acids is 1. The second-order valence-corrected chi connectivity index (χ2v) is 11.6. The van der Waals surface area contributed by atoms with Crippen molar-refractivity contribution in [2.75, 3.05) is 19.7 Å². The molecule has 16 heteroatoms. The number of nitrogens with one attached hydrogen (secondary N) is 4. The third kappa shape index (κ3) is 22.0. The van der Waals surface area contributed by atoms with E-state index in [0.29, 0.717) is 25.7 Å². The number of rotatable bonds is 15. The zero-order chi connectivity index (χ0) is 34.7. The Balaban J connectivity index is 0. The minimum atomic E-state index is -1.54. The Morgan fingerprint density at radius 2 is 1.02 bits per heavy atom. The summed E-state index contributed by atoms with van der Waals surface area (Å²) in [6, 6.07) is -1.66. The number of ether oxygens (including phenoxy) is 3. The van der Waals surface area contributed by atoms with Crippen molar-refractivity contribution in [3.8, 4) is 0 Å². The van der Waals surface area contributed by atoms with Crippen LogP contribution in [-0.4, -0.2) is 106 Å². The molecule has 4 unspecified atom stereocenters. The molecule has 0 aliphatic rings. The third-order valence-electron chi connectivity index (χ3n) is 5.03. The molecule has 0 saturated heterocycles. The predicted molar refractivity (Wildman–Crippen MR) is 158 cm³/mol. The normalized spacial score (nSPS) is 13.8. The Bertz CT molecular complexity index is 931. The highest BCUT2D eigenvalue weighted by molar-refractivity contribution is 5.86. The highest BCUT2D eigenvalue weighted by Gasteiger charge is 2.30. The summed E-state index contributed by atoms with van der Waals surface area (Å²) in [5.41, 5.74) is -1.38. The van der Waals surface area contributed by atoms with E-state index in [-0.39, 0.29) is 13.2 Å². The van der Waals surface area contributed by atoms with Crippen LogP contribution in [0, 0.1) is 0 Å². The van der Waals surface area contributed by atoms with Crippen molar-refractivity contribution in [3.63, 3.8) is 0 Å². The summed E-state index contributed by atoms with van der Waals surface area (Å²) in [4.78, 5) is 68.5. The quantitative estimate of drug-likeness (QED) is 0.0983. The van der Waals surface area contributed by atoms with E-state index in [2.05, 4.69) is 26.0 Å². The average Bonchev–Trinajstić information content (AvgIpc) is 2.87. The van der Waals surface area contributed by atoms with Gasteiger partial charge in [-0.15, -0.1) is 0 Å². The lowest BCUT2D eigenvalue weighted by molar-refractivity contribution is -0.144. The molecule has 0 aliphatic carbocycles. The molecule has 0 aromatic rings. The summed E-state index contributed by atoms with van der Waals surface area (Å²) in [5, 5.41) is 37.7. The lowest BCUT2D eigenvalue weighted by atomic mass is 10.1. The highest BCUT2D eigenvalue weighted by Crippen LogP contribution is 2.10. The Kier molecular flexibility index (Phi) is 20.4. The van der Waals surface area contributed by atoms with E-state index >= 15 is 0 Å². The lowest BCUT2D eigenvalue weighted by Gasteiger charge is -2.26. The van der Waals surface area contributed by atoms with Crippen molar-refractivity contribution in [2.45, 2.75) is 123 Å². The summed E-state index contributed by atoms with van der Waals surface area (Å²) >= 11 is 0. The van der Waals surface area contributed by atoms with Crippen LogP contribution in [0.25, 0.3) is 0 Å². The van der Waals surface area contributed by atoms with Gasteiger partial charge in [-0.05, 0) is 61.3 Å². The summed E-state index contributed by atoms with van der Waals surface area (Å²) in [6.45, 7) is 14.8. The van der Waals surface area contributed by atoms with E-state index < -0.39 is 78.0 Å². The van der Waals surface area contributed by atoms with Gasteiger partial charge in [0.25, 0.3) is 11.8 Å². The van der Waals surface area contributed by atoms with Gasteiger partial charge in [0.05, 0.1) is 18.7 Å². The molecule has 4 amide bonds. The van der Waals surface area contributed by atoms with Crippen molar-refractivity contribution in [1.29, 1.82) is 0 Å². The second-order valence-electron chi connectivity index (χ2n) is 11.6. The van der Waals surface area contributed by atoms with E-state index in [1.165, 1.54) is 0 Å². The maximum Gasteiger partial charge on any atom is 0.407 e. The minimum Gasteiger partial charge on any atom is -0.480 e. The molecule has 256 valence electrons. The third-order valence-corrected chi connectivity index (χ3v) is 5.03. The number of alkyl carbamates (subject to hydrolysis) is 2. The van der Waals surface area contributed by atoms with Gasteiger partial charge in [0.15, 0.2) is 12.2 Å². The van der Waals surface area contributed by atoms with Crippen LogP contribution in [0.1, 0.15) is 88.0 Å². The Morgan fingerprint density at radius 3 is 1.32 bits per heavy atom.